The van der Waals surface area contributed by atoms with Crippen molar-refractivity contribution in [1.29, 1.82) is 0 Å². The molecule has 2 saturated heterocycles. The zero-order valence-electron chi connectivity index (χ0n) is 22.4. The molecule has 5 rings (SSSR count). The predicted molar refractivity (Wildman–Crippen MR) is 144 cm³/mol. The summed E-state index contributed by atoms with van der Waals surface area (Å²) in [6.07, 6.45) is 7.08. The third-order valence-electron chi connectivity index (χ3n) is 8.92. The highest BCUT2D eigenvalue weighted by atomic mass is 35.5. The number of alkyl halides is 2. The Labute approximate surface area is 225 Å². The van der Waals surface area contributed by atoms with E-state index in [1.807, 2.05) is 18.2 Å². The van der Waals surface area contributed by atoms with Crippen LogP contribution in [0.3, 0.4) is 0 Å². The lowest BCUT2D eigenvalue weighted by Gasteiger charge is -2.40. The maximum Gasteiger partial charge on any atom is 0.223 e. The second-order valence-corrected chi connectivity index (χ2v) is 12.4. The van der Waals surface area contributed by atoms with Crippen molar-refractivity contribution in [1.82, 2.24) is 25.0 Å². The smallest absolute Gasteiger partial charge is 0.223 e. The topological polar surface area (TPSA) is 63.1 Å². The van der Waals surface area contributed by atoms with Crippen LogP contribution in [0.1, 0.15) is 107 Å². The minimum atomic E-state index is -1.65. The number of carbonyl (C=O) groups is 1. The average molecular weight is 530 g/mol. The first-order valence-electron chi connectivity index (χ1n) is 14.1. The van der Waals surface area contributed by atoms with Crippen molar-refractivity contribution < 1.29 is 9.18 Å². The number of piperidine rings is 1. The van der Waals surface area contributed by atoms with Crippen LogP contribution in [0.15, 0.2) is 30.3 Å². The van der Waals surface area contributed by atoms with Gasteiger partial charge in [-0.15, -0.1) is 10.2 Å². The first-order valence-corrected chi connectivity index (χ1v) is 14.5. The Bertz CT molecular complexity index is 1050. The summed E-state index contributed by atoms with van der Waals surface area (Å²) in [5.41, 5.74) is 1.13. The van der Waals surface area contributed by atoms with Gasteiger partial charge in [0.25, 0.3) is 0 Å². The van der Waals surface area contributed by atoms with E-state index < -0.39 is 5.13 Å². The second kappa shape index (κ2) is 11.0. The number of nitrogens with one attached hydrogen (secondary N) is 1. The number of hydrogen-bond donors (Lipinski definition) is 1. The van der Waals surface area contributed by atoms with Crippen molar-refractivity contribution in [3.8, 4) is 0 Å². The van der Waals surface area contributed by atoms with E-state index in [9.17, 15) is 9.18 Å². The van der Waals surface area contributed by atoms with Crippen LogP contribution in [-0.4, -0.2) is 49.3 Å². The molecule has 1 amide bonds. The van der Waals surface area contributed by atoms with Crippen LogP contribution in [0.5, 0.6) is 0 Å². The summed E-state index contributed by atoms with van der Waals surface area (Å²) >= 11 is 5.88. The Morgan fingerprint density at radius 2 is 1.73 bits per heavy atom. The van der Waals surface area contributed by atoms with Crippen molar-refractivity contribution in [2.24, 2.45) is 5.92 Å². The molecule has 0 spiro atoms. The molecule has 3 unspecified atom stereocenters. The molecule has 2 aromatic rings. The summed E-state index contributed by atoms with van der Waals surface area (Å²) in [5.74, 6) is 2.36. The molecule has 6 nitrogen and oxygen atoms in total. The van der Waals surface area contributed by atoms with Crippen LogP contribution in [0.2, 0.25) is 0 Å². The van der Waals surface area contributed by atoms with Gasteiger partial charge in [-0.25, -0.2) is 4.39 Å². The van der Waals surface area contributed by atoms with Gasteiger partial charge in [-0.1, -0.05) is 55.8 Å². The largest absolute Gasteiger partial charge is 0.349 e. The number of halogens is 2. The summed E-state index contributed by atoms with van der Waals surface area (Å²) in [7, 11) is 0. The van der Waals surface area contributed by atoms with E-state index >= 15 is 0 Å². The maximum atomic E-state index is 14.1. The van der Waals surface area contributed by atoms with Gasteiger partial charge in [-0.05, 0) is 70.3 Å². The van der Waals surface area contributed by atoms with Crippen LogP contribution in [0, 0.1) is 12.8 Å². The van der Waals surface area contributed by atoms with Crippen LogP contribution >= 0.6 is 11.6 Å². The van der Waals surface area contributed by atoms with E-state index in [0.29, 0.717) is 36.9 Å². The van der Waals surface area contributed by atoms with Gasteiger partial charge in [0.05, 0.1) is 6.04 Å². The molecule has 1 N–H and O–H groups in total. The molecule has 3 heterocycles. The maximum absolute atomic E-state index is 14.1. The normalized spacial score (nSPS) is 31.0. The van der Waals surface area contributed by atoms with Gasteiger partial charge in [0.2, 0.25) is 5.91 Å². The van der Waals surface area contributed by atoms with E-state index in [-0.39, 0.29) is 30.7 Å². The van der Waals surface area contributed by atoms with E-state index in [4.69, 9.17) is 11.6 Å². The van der Waals surface area contributed by atoms with E-state index in [1.54, 1.807) is 0 Å². The van der Waals surface area contributed by atoms with Gasteiger partial charge >= 0.3 is 0 Å². The number of fused-ring (bicyclic) bond motifs is 2. The number of aromatic nitrogens is 3. The number of amides is 1. The van der Waals surface area contributed by atoms with Gasteiger partial charge < -0.3 is 9.88 Å². The zero-order valence-corrected chi connectivity index (χ0v) is 23.1. The van der Waals surface area contributed by atoms with Crippen molar-refractivity contribution in [3.05, 3.63) is 47.5 Å². The minimum Gasteiger partial charge on any atom is -0.349 e. The number of aryl methyl sites for hydroxylation is 1. The van der Waals surface area contributed by atoms with E-state index in [2.05, 4.69) is 57.9 Å². The lowest BCUT2D eigenvalue weighted by atomic mass is 9.86. The fraction of sp³-hybridized carbons (Fsp3) is 0.690. The average Bonchev–Trinajstić information content (AvgIpc) is 3.37. The molecule has 3 atom stereocenters. The molecule has 3 aliphatic rings. The van der Waals surface area contributed by atoms with Crippen LogP contribution in [-0.2, 0) is 4.79 Å². The molecule has 3 fully saturated rings. The highest BCUT2D eigenvalue weighted by Crippen LogP contribution is 2.43. The second-order valence-electron chi connectivity index (χ2n) is 11.8. The van der Waals surface area contributed by atoms with Crippen molar-refractivity contribution in [2.75, 3.05) is 6.54 Å². The summed E-state index contributed by atoms with van der Waals surface area (Å²) in [4.78, 5) is 15.9. The van der Waals surface area contributed by atoms with Gasteiger partial charge in [0, 0.05) is 36.5 Å². The first kappa shape index (κ1) is 26.6. The lowest BCUT2D eigenvalue weighted by Crippen LogP contribution is -2.45. The molecule has 0 radical (unpaired) electrons. The molecular formula is C29H41ClFN5O. The monoisotopic (exact) mass is 529 g/mol. The summed E-state index contributed by atoms with van der Waals surface area (Å²) in [5, 5.41) is 10.6. The molecule has 1 saturated carbocycles. The predicted octanol–water partition coefficient (Wildman–Crippen LogP) is 6.22. The minimum absolute atomic E-state index is 0.0343. The molecule has 2 aliphatic heterocycles. The summed E-state index contributed by atoms with van der Waals surface area (Å²) in [6, 6.07) is 11.8. The van der Waals surface area contributed by atoms with Gasteiger partial charge in [-0.3, -0.25) is 9.69 Å². The Balaban J connectivity index is 1.24. The van der Waals surface area contributed by atoms with Gasteiger partial charge in [-0.2, -0.15) is 0 Å². The lowest BCUT2D eigenvalue weighted by molar-refractivity contribution is -0.127. The van der Waals surface area contributed by atoms with E-state index in [1.165, 1.54) is 12.8 Å². The number of nitrogens with zero attached hydrogens (tertiary/aromatic N) is 4. The fourth-order valence-electron chi connectivity index (χ4n) is 6.93. The van der Waals surface area contributed by atoms with Crippen molar-refractivity contribution in [3.63, 3.8) is 0 Å². The summed E-state index contributed by atoms with van der Waals surface area (Å²) < 4.78 is 16.5. The fourth-order valence-corrected chi connectivity index (χ4v) is 7.15. The summed E-state index contributed by atoms with van der Waals surface area (Å²) in [6.45, 7) is 7.42. The molecule has 1 aromatic heterocycles. The number of hydrogen-bond acceptors (Lipinski definition) is 4. The SMILES string of the molecule is Cc1nnc(C(C)C)n1C1CC2CCC(C1)N2CCC(NC(=O)C1CCC(F)(Cl)CC1)c1ccccc1. The highest BCUT2D eigenvalue weighted by Gasteiger charge is 2.42. The third-order valence-corrected chi connectivity index (χ3v) is 9.29. The molecule has 8 heteroatoms. The third kappa shape index (κ3) is 5.88. The Morgan fingerprint density at radius 3 is 2.35 bits per heavy atom. The zero-order chi connectivity index (χ0) is 26.2. The van der Waals surface area contributed by atoms with Crippen LogP contribution < -0.4 is 5.32 Å². The van der Waals surface area contributed by atoms with Crippen molar-refractivity contribution in [2.45, 2.75) is 114 Å². The van der Waals surface area contributed by atoms with Crippen LogP contribution in [0.4, 0.5) is 4.39 Å². The number of benzene rings is 1. The number of rotatable bonds is 8. The van der Waals surface area contributed by atoms with E-state index in [0.717, 1.165) is 43.0 Å². The Kier molecular flexibility index (Phi) is 7.92. The van der Waals surface area contributed by atoms with Gasteiger partial charge in [0.1, 0.15) is 11.6 Å². The Hall–Kier alpha value is -1.99. The molecule has 1 aromatic carbocycles. The number of carbonyl (C=O) groups excluding carboxylic acids is 1. The quantitative estimate of drug-likeness (QED) is 0.412. The Morgan fingerprint density at radius 1 is 1.08 bits per heavy atom. The highest BCUT2D eigenvalue weighted by molar-refractivity contribution is 6.22. The molecule has 2 bridgehead atoms. The molecule has 202 valence electrons. The van der Waals surface area contributed by atoms with Crippen molar-refractivity contribution >= 4 is 17.5 Å². The van der Waals surface area contributed by atoms with Gasteiger partial charge in [0.15, 0.2) is 5.13 Å². The standard InChI is InChI=1S/C29H41ClFN5O/c1-19(2)27-34-33-20(3)36(27)25-17-23-9-10-24(18-25)35(23)16-13-26(21-7-5-4-6-8-21)32-28(37)22-11-14-29(30,31)15-12-22/h4-8,19,22-26H,9-18H2,1-3H3,(H,32,37). The first-order chi connectivity index (χ1) is 17.7. The molecule has 1 aliphatic carbocycles. The molecule has 37 heavy (non-hydrogen) atoms. The molecular weight excluding hydrogens is 489 g/mol. The van der Waals surface area contributed by atoms with Crippen LogP contribution in [0.25, 0.3) is 0 Å².